The number of halogens is 1. The Kier molecular flexibility index (Phi) is 5.33. The molecule has 4 nitrogen and oxygen atoms in total. The summed E-state index contributed by atoms with van der Waals surface area (Å²) in [5.41, 5.74) is 0.997. The molecule has 0 amide bonds. The molecular weight excluding hydrogens is 273 g/mol. The van der Waals surface area contributed by atoms with Gasteiger partial charge in [0.25, 0.3) is 0 Å². The summed E-state index contributed by atoms with van der Waals surface area (Å²) in [7, 11) is 1.89. The number of carbonyl (C=O) groups is 1. The van der Waals surface area contributed by atoms with E-state index in [1.165, 1.54) is 12.1 Å². The molecule has 0 spiro atoms. The zero-order chi connectivity index (χ0) is 15.2. The molecule has 1 atom stereocenters. The van der Waals surface area contributed by atoms with Crippen molar-refractivity contribution in [2.75, 3.05) is 31.7 Å². The van der Waals surface area contributed by atoms with Crippen molar-refractivity contribution in [3.63, 3.8) is 0 Å². The van der Waals surface area contributed by atoms with Crippen LogP contribution in [-0.2, 0) is 9.53 Å². The fraction of sp³-hybridized carbons (Fsp3) is 0.438. The fourth-order valence-electron chi connectivity index (χ4n) is 2.62. The quantitative estimate of drug-likeness (QED) is 0.848. The summed E-state index contributed by atoms with van der Waals surface area (Å²) < 4.78 is 19.4. The molecule has 0 bridgehead atoms. The van der Waals surface area contributed by atoms with Crippen LogP contribution in [0.1, 0.15) is 18.4 Å². The fourth-order valence-corrected chi connectivity index (χ4v) is 2.62. The molecule has 1 saturated heterocycles. The lowest BCUT2D eigenvalue weighted by Crippen LogP contribution is -2.31. The molecule has 114 valence electrons. The number of aliphatic carboxylic acids is 1. The third-order valence-electron chi connectivity index (χ3n) is 3.62. The van der Waals surface area contributed by atoms with E-state index < -0.39 is 11.8 Å². The van der Waals surface area contributed by atoms with E-state index in [1.807, 2.05) is 11.9 Å². The van der Waals surface area contributed by atoms with Crippen LogP contribution in [0.15, 0.2) is 24.3 Å². The minimum atomic E-state index is -1.09. The van der Waals surface area contributed by atoms with E-state index in [9.17, 15) is 9.18 Å². The Balaban J connectivity index is 2.17. The van der Waals surface area contributed by atoms with Crippen molar-refractivity contribution < 1.29 is 19.0 Å². The van der Waals surface area contributed by atoms with E-state index in [2.05, 4.69) is 0 Å². The molecule has 0 radical (unpaired) electrons. The van der Waals surface area contributed by atoms with Crippen LogP contribution in [0.2, 0.25) is 0 Å². The Labute approximate surface area is 123 Å². The van der Waals surface area contributed by atoms with Gasteiger partial charge in [0.2, 0.25) is 0 Å². The number of rotatable bonds is 5. The Hall–Kier alpha value is -1.88. The molecule has 1 aliphatic heterocycles. The maximum Gasteiger partial charge on any atom is 0.328 e. The van der Waals surface area contributed by atoms with E-state index in [-0.39, 0.29) is 0 Å². The highest BCUT2D eigenvalue weighted by Gasteiger charge is 2.18. The molecule has 1 aromatic rings. The van der Waals surface area contributed by atoms with E-state index in [0.717, 1.165) is 38.7 Å². The highest BCUT2D eigenvalue weighted by atomic mass is 19.1. The second kappa shape index (κ2) is 7.22. The minimum Gasteiger partial charge on any atom is -0.478 e. The maximum absolute atomic E-state index is 13.9. The van der Waals surface area contributed by atoms with Crippen molar-refractivity contribution in [2.24, 2.45) is 5.92 Å². The average Bonchev–Trinajstić information content (AvgIpc) is 2.46. The van der Waals surface area contributed by atoms with Crippen molar-refractivity contribution in [2.45, 2.75) is 12.8 Å². The van der Waals surface area contributed by atoms with Gasteiger partial charge in [-0.3, -0.25) is 0 Å². The van der Waals surface area contributed by atoms with E-state index in [4.69, 9.17) is 9.84 Å². The lowest BCUT2D eigenvalue weighted by Gasteiger charge is -2.29. The average molecular weight is 293 g/mol. The summed E-state index contributed by atoms with van der Waals surface area (Å²) in [5, 5.41) is 8.72. The van der Waals surface area contributed by atoms with Crippen molar-refractivity contribution in [3.8, 4) is 0 Å². The molecule has 1 fully saturated rings. The maximum atomic E-state index is 13.9. The highest BCUT2D eigenvalue weighted by molar-refractivity contribution is 5.87. The molecule has 1 aromatic carbocycles. The monoisotopic (exact) mass is 293 g/mol. The van der Waals surface area contributed by atoms with Gasteiger partial charge < -0.3 is 14.7 Å². The second-order valence-corrected chi connectivity index (χ2v) is 5.31. The topological polar surface area (TPSA) is 49.8 Å². The van der Waals surface area contributed by atoms with Gasteiger partial charge in [-0.2, -0.15) is 0 Å². The first-order valence-corrected chi connectivity index (χ1v) is 7.06. The standard InChI is InChI=1S/C16H20FNO3/c1-18(10-12-4-3-9-21-11-12)15-6-2-5-14(17)13(15)7-8-16(19)20/h2,5-8,12H,3-4,9-11H2,1H3,(H,19,20)/b8-7+. The Morgan fingerprint density at radius 2 is 2.38 bits per heavy atom. The molecular formula is C16H20FNO3. The predicted octanol–water partition coefficient (Wildman–Crippen LogP) is 2.79. The number of nitrogens with zero attached hydrogens (tertiary/aromatic N) is 1. The first-order chi connectivity index (χ1) is 10.1. The summed E-state index contributed by atoms with van der Waals surface area (Å²) in [5.74, 6) is -1.09. The number of carboxylic acids is 1. The van der Waals surface area contributed by atoms with Gasteiger partial charge in [-0.15, -0.1) is 0 Å². The molecule has 0 aliphatic carbocycles. The number of hydrogen-bond acceptors (Lipinski definition) is 3. The summed E-state index contributed by atoms with van der Waals surface area (Å²) in [4.78, 5) is 12.6. The van der Waals surface area contributed by atoms with Gasteiger partial charge >= 0.3 is 5.97 Å². The summed E-state index contributed by atoms with van der Waals surface area (Å²) in [6.07, 6.45) is 4.41. The van der Waals surface area contributed by atoms with Crippen molar-refractivity contribution >= 4 is 17.7 Å². The molecule has 21 heavy (non-hydrogen) atoms. The molecule has 5 heteroatoms. The normalized spacial score (nSPS) is 18.9. The lowest BCUT2D eigenvalue weighted by molar-refractivity contribution is -0.131. The second-order valence-electron chi connectivity index (χ2n) is 5.31. The summed E-state index contributed by atoms with van der Waals surface area (Å²) in [6.45, 7) is 2.30. The number of ether oxygens (including phenoxy) is 1. The molecule has 1 heterocycles. The summed E-state index contributed by atoms with van der Waals surface area (Å²) in [6, 6.07) is 4.77. The molecule has 1 N–H and O–H groups in total. The van der Waals surface area contributed by atoms with Crippen molar-refractivity contribution in [3.05, 3.63) is 35.7 Å². The molecule has 0 aromatic heterocycles. The third-order valence-corrected chi connectivity index (χ3v) is 3.62. The van der Waals surface area contributed by atoms with Crippen LogP contribution in [0.25, 0.3) is 6.08 Å². The van der Waals surface area contributed by atoms with Crippen LogP contribution < -0.4 is 4.90 Å². The Morgan fingerprint density at radius 3 is 3.05 bits per heavy atom. The van der Waals surface area contributed by atoms with Gasteiger partial charge in [0.15, 0.2) is 0 Å². The minimum absolute atomic E-state index is 0.305. The van der Waals surface area contributed by atoms with Gasteiger partial charge in [-0.05, 0) is 37.0 Å². The number of benzene rings is 1. The predicted molar refractivity (Wildman–Crippen MR) is 79.9 cm³/mol. The van der Waals surface area contributed by atoms with Crippen molar-refractivity contribution in [1.82, 2.24) is 0 Å². The third kappa shape index (κ3) is 4.29. The number of hydrogen-bond donors (Lipinski definition) is 1. The van der Waals surface area contributed by atoms with Gasteiger partial charge in [-0.25, -0.2) is 9.18 Å². The first-order valence-electron chi connectivity index (χ1n) is 7.06. The zero-order valence-electron chi connectivity index (χ0n) is 12.1. The van der Waals surface area contributed by atoms with Crippen LogP contribution >= 0.6 is 0 Å². The van der Waals surface area contributed by atoms with E-state index in [0.29, 0.717) is 17.2 Å². The van der Waals surface area contributed by atoms with E-state index in [1.54, 1.807) is 12.1 Å². The number of anilines is 1. The first kappa shape index (κ1) is 15.5. The molecule has 0 saturated carbocycles. The molecule has 1 aliphatic rings. The number of carboxylic acid groups (broad SMARTS) is 1. The van der Waals surface area contributed by atoms with Crippen LogP contribution in [0.4, 0.5) is 10.1 Å². The van der Waals surface area contributed by atoms with Gasteiger partial charge in [0, 0.05) is 37.5 Å². The Morgan fingerprint density at radius 1 is 1.57 bits per heavy atom. The largest absolute Gasteiger partial charge is 0.478 e. The van der Waals surface area contributed by atoms with Crippen LogP contribution in [0, 0.1) is 11.7 Å². The van der Waals surface area contributed by atoms with Gasteiger partial charge in [0.05, 0.1) is 6.61 Å². The highest BCUT2D eigenvalue weighted by Crippen LogP contribution is 2.26. The van der Waals surface area contributed by atoms with Crippen molar-refractivity contribution in [1.29, 1.82) is 0 Å². The van der Waals surface area contributed by atoms with Crippen LogP contribution in [0.5, 0.6) is 0 Å². The summed E-state index contributed by atoms with van der Waals surface area (Å²) >= 11 is 0. The van der Waals surface area contributed by atoms with E-state index >= 15 is 0 Å². The molecule has 2 rings (SSSR count). The smallest absolute Gasteiger partial charge is 0.328 e. The van der Waals surface area contributed by atoms with Crippen LogP contribution in [0.3, 0.4) is 0 Å². The lowest BCUT2D eigenvalue weighted by atomic mass is 10.0. The SMILES string of the molecule is CN(CC1CCCOC1)c1cccc(F)c1/C=C/C(=O)O. The van der Waals surface area contributed by atoms with Gasteiger partial charge in [0.1, 0.15) is 5.82 Å². The van der Waals surface area contributed by atoms with Crippen LogP contribution in [-0.4, -0.2) is 37.9 Å². The van der Waals surface area contributed by atoms with Gasteiger partial charge in [-0.1, -0.05) is 6.07 Å². The molecule has 1 unspecified atom stereocenters. The zero-order valence-corrected chi connectivity index (χ0v) is 12.1. The Bertz CT molecular complexity index is 524.